The number of hydrogen-bond acceptors (Lipinski definition) is 8. The van der Waals surface area contributed by atoms with Gasteiger partial charge >= 0.3 is 0 Å². The number of rotatable bonds is 13. The van der Waals surface area contributed by atoms with Gasteiger partial charge in [-0.15, -0.1) is 0 Å². The van der Waals surface area contributed by atoms with E-state index in [9.17, 15) is 20.1 Å². The average molecular weight is 571 g/mol. The fourth-order valence-electron chi connectivity index (χ4n) is 5.21. The number of benzene rings is 2. The van der Waals surface area contributed by atoms with E-state index in [1.807, 2.05) is 19.9 Å². The summed E-state index contributed by atoms with van der Waals surface area (Å²) in [6.45, 7) is 9.09. The van der Waals surface area contributed by atoms with Crippen molar-refractivity contribution >= 4 is 5.78 Å². The summed E-state index contributed by atoms with van der Waals surface area (Å²) < 4.78 is 23.3. The Hall–Kier alpha value is -3.23. The second-order valence-corrected chi connectivity index (χ2v) is 12.1. The molecule has 3 rings (SSSR count). The van der Waals surface area contributed by atoms with Gasteiger partial charge in [0.1, 0.15) is 28.9 Å². The summed E-state index contributed by atoms with van der Waals surface area (Å²) in [5.74, 6) is 1.42. The van der Waals surface area contributed by atoms with Crippen LogP contribution in [0.5, 0.6) is 28.7 Å². The van der Waals surface area contributed by atoms with Crippen LogP contribution in [-0.2, 0) is 12.8 Å². The zero-order chi connectivity index (χ0) is 30.5. The molecule has 1 aliphatic heterocycles. The highest BCUT2D eigenvalue weighted by Crippen LogP contribution is 2.47. The van der Waals surface area contributed by atoms with Gasteiger partial charge in [-0.25, -0.2) is 0 Å². The van der Waals surface area contributed by atoms with E-state index in [1.54, 1.807) is 40.2 Å². The summed E-state index contributed by atoms with van der Waals surface area (Å²) in [6, 6.07) is 5.34. The number of phenols is 1. The van der Waals surface area contributed by atoms with Crippen LogP contribution < -0.4 is 18.9 Å². The number of carbonyl (C=O) groups is 1. The molecule has 0 amide bonds. The first-order chi connectivity index (χ1) is 19.2. The van der Waals surface area contributed by atoms with Crippen LogP contribution in [0.15, 0.2) is 29.8 Å². The van der Waals surface area contributed by atoms with Gasteiger partial charge in [0.2, 0.25) is 0 Å². The van der Waals surface area contributed by atoms with Gasteiger partial charge in [-0.3, -0.25) is 4.79 Å². The van der Waals surface area contributed by atoms with Crippen molar-refractivity contribution in [2.24, 2.45) is 0 Å². The molecule has 0 bridgehead atoms. The number of aromatic hydroxyl groups is 1. The molecule has 226 valence electrons. The standard InChI is InChI=1S/C33H46O8/c1-20(10-9-16-32(2,3)36)11-12-22-21(13-14-25(38-6)31(22)40-8)27-18-24(34)29-28(41-27)19-26(39-7)23(30(29)35)15-17-33(4,5)37/h11,13-14,19,27,35-37H,9-10,12,15-18H2,1-8H3/b20-11-/t27-/m0/s1. The molecule has 1 aliphatic rings. The first kappa shape index (κ1) is 32.3. The van der Waals surface area contributed by atoms with Crippen molar-refractivity contribution in [2.45, 2.75) is 96.9 Å². The molecule has 2 aromatic carbocycles. The lowest BCUT2D eigenvalue weighted by Crippen LogP contribution is -2.23. The topological polar surface area (TPSA) is 115 Å². The molecule has 0 saturated carbocycles. The monoisotopic (exact) mass is 570 g/mol. The van der Waals surface area contributed by atoms with Crippen LogP contribution in [0, 0.1) is 0 Å². The van der Waals surface area contributed by atoms with E-state index in [1.165, 1.54) is 12.7 Å². The van der Waals surface area contributed by atoms with Gasteiger partial charge in [0.25, 0.3) is 0 Å². The summed E-state index contributed by atoms with van der Waals surface area (Å²) in [7, 11) is 4.67. The number of ether oxygens (including phenoxy) is 4. The molecular weight excluding hydrogens is 524 g/mol. The van der Waals surface area contributed by atoms with Gasteiger partial charge in [0, 0.05) is 22.8 Å². The zero-order valence-corrected chi connectivity index (χ0v) is 25.7. The molecule has 0 aromatic heterocycles. The quantitative estimate of drug-likeness (QED) is 0.242. The minimum absolute atomic E-state index is 0.0363. The predicted octanol–water partition coefficient (Wildman–Crippen LogP) is 6.26. The highest BCUT2D eigenvalue weighted by Gasteiger charge is 2.35. The number of Topliss-reactive ketones (excluding diaryl/α,β-unsaturated/α-hetero) is 1. The van der Waals surface area contributed by atoms with E-state index in [0.29, 0.717) is 48.5 Å². The van der Waals surface area contributed by atoms with Gasteiger partial charge in [0.15, 0.2) is 17.3 Å². The van der Waals surface area contributed by atoms with E-state index in [2.05, 4.69) is 13.0 Å². The van der Waals surface area contributed by atoms with Crippen molar-refractivity contribution in [1.29, 1.82) is 0 Å². The molecule has 1 atom stereocenters. The van der Waals surface area contributed by atoms with Crippen LogP contribution in [0.3, 0.4) is 0 Å². The Bertz CT molecular complexity index is 1260. The lowest BCUT2D eigenvalue weighted by Gasteiger charge is -2.30. The molecule has 0 saturated heterocycles. The number of methoxy groups -OCH3 is 3. The maximum atomic E-state index is 13.5. The SMILES string of the molecule is COc1cc2c(c(O)c1CCC(C)(C)O)C(=O)C[C@@H](c1ccc(OC)c(OC)c1C/C=C(/C)CCCC(C)(C)O)O2. The highest BCUT2D eigenvalue weighted by atomic mass is 16.5. The molecule has 0 spiro atoms. The average Bonchev–Trinajstić information content (AvgIpc) is 2.88. The van der Waals surface area contributed by atoms with E-state index in [-0.39, 0.29) is 29.3 Å². The van der Waals surface area contributed by atoms with Gasteiger partial charge in [-0.1, -0.05) is 17.7 Å². The van der Waals surface area contributed by atoms with Gasteiger partial charge in [-0.2, -0.15) is 0 Å². The number of fused-ring (bicyclic) bond motifs is 1. The van der Waals surface area contributed by atoms with Crippen molar-refractivity contribution in [1.82, 2.24) is 0 Å². The van der Waals surface area contributed by atoms with Crippen molar-refractivity contribution in [3.8, 4) is 28.7 Å². The molecule has 2 aromatic rings. The lowest BCUT2D eigenvalue weighted by molar-refractivity contribution is 0.0687. The minimum atomic E-state index is -0.939. The molecule has 3 N–H and O–H groups in total. The molecular formula is C33H46O8. The minimum Gasteiger partial charge on any atom is -0.507 e. The van der Waals surface area contributed by atoms with Crippen molar-refractivity contribution in [2.75, 3.05) is 21.3 Å². The summed E-state index contributed by atoms with van der Waals surface area (Å²) >= 11 is 0. The number of ketones is 1. The molecule has 0 radical (unpaired) electrons. The predicted molar refractivity (Wildman–Crippen MR) is 159 cm³/mol. The maximum absolute atomic E-state index is 13.5. The van der Waals surface area contributed by atoms with Crippen molar-refractivity contribution in [3.05, 3.63) is 52.1 Å². The van der Waals surface area contributed by atoms with Gasteiger partial charge < -0.3 is 34.3 Å². The Morgan fingerprint density at radius 3 is 2.24 bits per heavy atom. The fourth-order valence-corrected chi connectivity index (χ4v) is 5.21. The van der Waals surface area contributed by atoms with Crippen LogP contribution in [0.4, 0.5) is 0 Å². The van der Waals surface area contributed by atoms with Crippen LogP contribution in [0.1, 0.15) is 99.9 Å². The van der Waals surface area contributed by atoms with Crippen LogP contribution in [0.25, 0.3) is 0 Å². The third-order valence-electron chi connectivity index (χ3n) is 7.50. The molecule has 8 nitrogen and oxygen atoms in total. The summed E-state index contributed by atoms with van der Waals surface area (Å²) in [4.78, 5) is 13.5. The lowest BCUT2D eigenvalue weighted by atomic mass is 9.88. The zero-order valence-electron chi connectivity index (χ0n) is 25.7. The molecule has 41 heavy (non-hydrogen) atoms. The van der Waals surface area contributed by atoms with Crippen molar-refractivity contribution in [3.63, 3.8) is 0 Å². The number of allylic oxidation sites excluding steroid dienone is 2. The summed E-state index contributed by atoms with van der Waals surface area (Å²) in [5, 5.41) is 31.4. The summed E-state index contributed by atoms with van der Waals surface area (Å²) in [5.41, 5.74) is 1.81. The number of phenolic OH excluding ortho intramolecular Hbond substituents is 1. The molecule has 0 aliphatic carbocycles. The Morgan fingerprint density at radius 2 is 1.66 bits per heavy atom. The fraction of sp³-hybridized carbons (Fsp3) is 0.545. The Kier molecular flexibility index (Phi) is 10.4. The molecule has 0 unspecified atom stereocenters. The smallest absolute Gasteiger partial charge is 0.174 e. The third kappa shape index (κ3) is 8.17. The molecule has 8 heteroatoms. The normalized spacial score (nSPS) is 15.8. The van der Waals surface area contributed by atoms with Crippen LogP contribution in [-0.4, -0.2) is 53.6 Å². The van der Waals surface area contributed by atoms with Crippen molar-refractivity contribution < 1.29 is 39.1 Å². The molecule has 0 fully saturated rings. The number of carbonyl (C=O) groups excluding carboxylic acids is 1. The van der Waals surface area contributed by atoms with Crippen LogP contribution in [0.2, 0.25) is 0 Å². The van der Waals surface area contributed by atoms with E-state index in [4.69, 9.17) is 18.9 Å². The first-order valence-electron chi connectivity index (χ1n) is 14.2. The Morgan fingerprint density at radius 1 is 1.00 bits per heavy atom. The second-order valence-electron chi connectivity index (χ2n) is 12.1. The summed E-state index contributed by atoms with van der Waals surface area (Å²) in [6.07, 6.45) is 5.24. The largest absolute Gasteiger partial charge is 0.507 e. The van der Waals surface area contributed by atoms with Gasteiger partial charge in [-0.05, 0) is 79.2 Å². The van der Waals surface area contributed by atoms with E-state index in [0.717, 1.165) is 24.0 Å². The Labute approximate surface area is 243 Å². The Balaban J connectivity index is 1.98. The number of hydrogen-bond donors (Lipinski definition) is 3. The molecule has 1 heterocycles. The van der Waals surface area contributed by atoms with E-state index >= 15 is 0 Å². The number of aliphatic hydroxyl groups is 2. The second kappa shape index (κ2) is 13.2. The third-order valence-corrected chi connectivity index (χ3v) is 7.50. The van der Waals surface area contributed by atoms with E-state index < -0.39 is 17.3 Å². The van der Waals surface area contributed by atoms with Gasteiger partial charge in [0.05, 0.1) is 39.0 Å². The first-order valence-corrected chi connectivity index (χ1v) is 14.2. The van der Waals surface area contributed by atoms with Crippen LogP contribution >= 0.6 is 0 Å². The maximum Gasteiger partial charge on any atom is 0.174 e. The highest BCUT2D eigenvalue weighted by molar-refractivity contribution is 6.03.